The summed E-state index contributed by atoms with van der Waals surface area (Å²) in [4.78, 5) is 33.4. The van der Waals surface area contributed by atoms with E-state index in [0.29, 0.717) is 46.9 Å². The number of hydrogen-bond donors (Lipinski definition) is 0. The standard InChI is InChI=1S/C27H26F3N3O3S2/c28-27(29,30)36-21-8-6-20(7-9-21)33-25(35)24-22(12-15-37-24)31-26(33)38-17-23(34)32-13-10-19(11-14-32)16-18-4-2-1-3-5-18/h1-9,19H,10-17H2. The highest BCUT2D eigenvalue weighted by molar-refractivity contribution is 8.00. The Balaban J connectivity index is 1.27. The van der Waals surface area contributed by atoms with Crippen molar-refractivity contribution in [3.05, 3.63) is 76.2 Å². The van der Waals surface area contributed by atoms with E-state index < -0.39 is 6.36 Å². The number of halogens is 3. The minimum Gasteiger partial charge on any atom is -0.406 e. The zero-order valence-electron chi connectivity index (χ0n) is 20.4. The van der Waals surface area contributed by atoms with Crippen LogP contribution in [0.4, 0.5) is 13.2 Å². The Hall–Kier alpha value is -2.92. The first kappa shape index (κ1) is 26.7. The highest BCUT2D eigenvalue weighted by atomic mass is 32.2. The molecule has 0 radical (unpaired) electrons. The molecule has 200 valence electrons. The molecule has 2 aromatic carbocycles. The van der Waals surface area contributed by atoms with Gasteiger partial charge in [-0.3, -0.25) is 14.2 Å². The number of aryl methyl sites for hydroxylation is 1. The van der Waals surface area contributed by atoms with E-state index in [1.54, 1.807) is 0 Å². The summed E-state index contributed by atoms with van der Waals surface area (Å²) in [6.07, 6.45) is -1.26. The van der Waals surface area contributed by atoms with Crippen LogP contribution in [0.5, 0.6) is 5.75 Å². The monoisotopic (exact) mass is 561 g/mol. The van der Waals surface area contributed by atoms with Gasteiger partial charge in [-0.1, -0.05) is 42.1 Å². The molecule has 5 rings (SSSR count). The Labute approximate surface area is 226 Å². The third-order valence-corrected chi connectivity index (χ3v) is 8.68. The Morgan fingerprint density at radius 1 is 1.08 bits per heavy atom. The van der Waals surface area contributed by atoms with Gasteiger partial charge in [-0.15, -0.1) is 24.9 Å². The molecule has 2 aliphatic rings. The van der Waals surface area contributed by atoms with Crippen molar-refractivity contribution in [1.82, 2.24) is 14.5 Å². The number of hydrogen-bond acceptors (Lipinski definition) is 6. The van der Waals surface area contributed by atoms with Crippen LogP contribution in [0.1, 0.15) is 24.1 Å². The molecule has 1 saturated heterocycles. The molecule has 0 N–H and O–H groups in total. The zero-order valence-corrected chi connectivity index (χ0v) is 22.1. The lowest BCUT2D eigenvalue weighted by atomic mass is 9.90. The summed E-state index contributed by atoms with van der Waals surface area (Å²) >= 11 is 2.60. The molecule has 0 aliphatic carbocycles. The van der Waals surface area contributed by atoms with Gasteiger partial charge in [0.1, 0.15) is 5.75 Å². The molecule has 1 amide bonds. The van der Waals surface area contributed by atoms with Crippen LogP contribution < -0.4 is 10.3 Å². The largest absolute Gasteiger partial charge is 0.573 e. The average Bonchev–Trinajstić information content (AvgIpc) is 3.37. The zero-order chi connectivity index (χ0) is 26.7. The molecule has 2 aliphatic heterocycles. The summed E-state index contributed by atoms with van der Waals surface area (Å²) < 4.78 is 43.0. The maximum atomic E-state index is 13.3. The van der Waals surface area contributed by atoms with Crippen molar-refractivity contribution in [2.75, 3.05) is 24.6 Å². The molecular weight excluding hydrogens is 535 g/mol. The summed E-state index contributed by atoms with van der Waals surface area (Å²) in [5.74, 6) is 1.01. The van der Waals surface area contributed by atoms with Gasteiger partial charge in [0.25, 0.3) is 5.56 Å². The van der Waals surface area contributed by atoms with E-state index in [1.165, 1.54) is 45.8 Å². The Morgan fingerprint density at radius 2 is 1.79 bits per heavy atom. The summed E-state index contributed by atoms with van der Waals surface area (Å²) in [6, 6.07) is 15.5. The number of piperidine rings is 1. The number of carbonyl (C=O) groups is 1. The van der Waals surface area contributed by atoms with Gasteiger partial charge in [0, 0.05) is 25.3 Å². The predicted octanol–water partition coefficient (Wildman–Crippen LogP) is 5.35. The molecule has 0 unspecified atom stereocenters. The van der Waals surface area contributed by atoms with Crippen molar-refractivity contribution in [2.45, 2.75) is 42.1 Å². The molecular formula is C27H26F3N3O3S2. The van der Waals surface area contributed by atoms with Crippen LogP contribution in [-0.4, -0.2) is 51.3 Å². The first-order valence-electron chi connectivity index (χ1n) is 12.4. The van der Waals surface area contributed by atoms with E-state index in [1.807, 2.05) is 23.1 Å². The van der Waals surface area contributed by atoms with Crippen LogP contribution in [0.15, 0.2) is 69.4 Å². The van der Waals surface area contributed by atoms with Crippen LogP contribution in [0.2, 0.25) is 0 Å². The fourth-order valence-electron chi connectivity index (χ4n) is 4.77. The van der Waals surface area contributed by atoms with Gasteiger partial charge in [-0.25, -0.2) is 4.98 Å². The van der Waals surface area contributed by atoms with Crippen LogP contribution in [-0.2, 0) is 17.6 Å². The first-order chi connectivity index (χ1) is 18.3. The Kier molecular flexibility index (Phi) is 8.04. The number of alkyl halides is 3. The molecule has 1 aromatic heterocycles. The molecule has 3 aromatic rings. The fraction of sp³-hybridized carbons (Fsp3) is 0.370. The lowest BCUT2D eigenvalue weighted by Gasteiger charge is -2.32. The number of benzene rings is 2. The third-order valence-electron chi connectivity index (χ3n) is 6.65. The molecule has 6 nitrogen and oxygen atoms in total. The number of thioether (sulfide) groups is 2. The molecule has 0 atom stereocenters. The molecule has 38 heavy (non-hydrogen) atoms. The molecule has 3 heterocycles. The highest BCUT2D eigenvalue weighted by Crippen LogP contribution is 2.31. The van der Waals surface area contributed by atoms with Gasteiger partial charge in [0.2, 0.25) is 5.91 Å². The summed E-state index contributed by atoms with van der Waals surface area (Å²) in [5.41, 5.74) is 2.09. The smallest absolute Gasteiger partial charge is 0.406 e. The maximum absolute atomic E-state index is 13.3. The van der Waals surface area contributed by atoms with E-state index >= 15 is 0 Å². The normalized spacial score (nSPS) is 15.9. The number of rotatable bonds is 7. The van der Waals surface area contributed by atoms with Crippen molar-refractivity contribution >= 4 is 29.4 Å². The van der Waals surface area contributed by atoms with Gasteiger partial charge in [-0.2, -0.15) is 0 Å². The molecule has 11 heteroatoms. The van der Waals surface area contributed by atoms with E-state index in [2.05, 4.69) is 21.9 Å². The molecule has 0 spiro atoms. The minimum absolute atomic E-state index is 0.0160. The highest BCUT2D eigenvalue weighted by Gasteiger charge is 2.31. The SMILES string of the molecule is O=C(CSc1nc2c(c(=O)n1-c1ccc(OC(F)(F)F)cc1)SCC2)N1CCC(Cc2ccccc2)CC1. The Morgan fingerprint density at radius 3 is 2.47 bits per heavy atom. The Bertz CT molecular complexity index is 1340. The van der Waals surface area contributed by atoms with Crippen molar-refractivity contribution in [3.8, 4) is 11.4 Å². The van der Waals surface area contributed by atoms with Gasteiger partial charge in [0.05, 0.1) is 22.0 Å². The topological polar surface area (TPSA) is 64.4 Å². The van der Waals surface area contributed by atoms with Crippen molar-refractivity contribution in [1.29, 1.82) is 0 Å². The van der Waals surface area contributed by atoms with E-state index in [0.717, 1.165) is 37.1 Å². The lowest BCUT2D eigenvalue weighted by Crippen LogP contribution is -2.40. The maximum Gasteiger partial charge on any atom is 0.573 e. The lowest BCUT2D eigenvalue weighted by molar-refractivity contribution is -0.274. The predicted molar refractivity (Wildman–Crippen MR) is 141 cm³/mol. The number of ether oxygens (including phenoxy) is 1. The molecule has 0 bridgehead atoms. The number of carbonyl (C=O) groups excluding carboxylic acids is 1. The summed E-state index contributed by atoms with van der Waals surface area (Å²) in [5, 5.41) is 0.355. The van der Waals surface area contributed by atoms with Crippen LogP contribution in [0, 0.1) is 5.92 Å². The minimum atomic E-state index is -4.80. The van der Waals surface area contributed by atoms with Crippen molar-refractivity contribution in [2.24, 2.45) is 5.92 Å². The van der Waals surface area contributed by atoms with E-state index in [4.69, 9.17) is 0 Å². The second kappa shape index (κ2) is 11.4. The molecule has 0 saturated carbocycles. The van der Waals surface area contributed by atoms with Gasteiger partial charge in [0.15, 0.2) is 5.16 Å². The second-order valence-electron chi connectivity index (χ2n) is 9.25. The number of nitrogens with zero attached hydrogens (tertiary/aromatic N) is 3. The molecule has 1 fully saturated rings. The van der Waals surface area contributed by atoms with Crippen LogP contribution in [0.3, 0.4) is 0 Å². The third kappa shape index (κ3) is 6.37. The quantitative estimate of drug-likeness (QED) is 0.286. The number of fused-ring (bicyclic) bond motifs is 1. The van der Waals surface area contributed by atoms with E-state index in [-0.39, 0.29) is 23.0 Å². The summed E-state index contributed by atoms with van der Waals surface area (Å²) in [7, 11) is 0. The number of likely N-dealkylation sites (tertiary alicyclic amines) is 1. The van der Waals surface area contributed by atoms with Crippen LogP contribution >= 0.6 is 23.5 Å². The van der Waals surface area contributed by atoms with Crippen molar-refractivity contribution < 1.29 is 22.7 Å². The fourth-order valence-corrected chi connectivity index (χ4v) is 6.72. The van der Waals surface area contributed by atoms with Crippen LogP contribution in [0.25, 0.3) is 5.69 Å². The second-order valence-corrected chi connectivity index (χ2v) is 11.3. The number of aromatic nitrogens is 2. The average molecular weight is 562 g/mol. The van der Waals surface area contributed by atoms with Crippen molar-refractivity contribution in [3.63, 3.8) is 0 Å². The van der Waals surface area contributed by atoms with Gasteiger partial charge in [-0.05, 0) is 55.0 Å². The van der Waals surface area contributed by atoms with Gasteiger partial charge < -0.3 is 9.64 Å². The number of amides is 1. The van der Waals surface area contributed by atoms with Gasteiger partial charge >= 0.3 is 6.36 Å². The first-order valence-corrected chi connectivity index (χ1v) is 14.3. The van der Waals surface area contributed by atoms with E-state index in [9.17, 15) is 22.8 Å². The summed E-state index contributed by atoms with van der Waals surface area (Å²) in [6.45, 7) is 1.39.